The van der Waals surface area contributed by atoms with Gasteiger partial charge in [-0.2, -0.15) is 0 Å². The first-order chi connectivity index (χ1) is 9.67. The van der Waals surface area contributed by atoms with Gasteiger partial charge in [-0.15, -0.1) is 0 Å². The lowest BCUT2D eigenvalue weighted by atomic mass is 9.78. The van der Waals surface area contributed by atoms with Crippen molar-refractivity contribution in [2.45, 2.75) is 45.6 Å². The summed E-state index contributed by atoms with van der Waals surface area (Å²) in [5.74, 6) is 0. The van der Waals surface area contributed by atoms with Gasteiger partial charge in [0.2, 0.25) is 0 Å². The van der Waals surface area contributed by atoms with Crippen LogP contribution in [0.3, 0.4) is 0 Å². The maximum absolute atomic E-state index is 3.46. The van der Waals surface area contributed by atoms with Crippen LogP contribution in [-0.4, -0.2) is 31.6 Å². The fourth-order valence-corrected chi connectivity index (χ4v) is 3.14. The Morgan fingerprint density at radius 3 is 2.40 bits per heavy atom. The van der Waals surface area contributed by atoms with Gasteiger partial charge in [0.25, 0.3) is 0 Å². The fraction of sp³-hybridized carbons (Fsp3) is 0.667. The summed E-state index contributed by atoms with van der Waals surface area (Å²) in [7, 11) is 2.07. The van der Waals surface area contributed by atoms with E-state index in [0.717, 1.165) is 0 Å². The van der Waals surface area contributed by atoms with E-state index in [1.54, 1.807) is 0 Å². The first-order valence-corrected chi connectivity index (χ1v) is 8.11. The van der Waals surface area contributed by atoms with E-state index in [0.29, 0.717) is 11.5 Å². The molecule has 1 heterocycles. The molecule has 1 unspecified atom stereocenters. The van der Waals surface area contributed by atoms with E-state index in [1.165, 1.54) is 50.9 Å². The molecular formula is C18H30N2. The van der Waals surface area contributed by atoms with Crippen LogP contribution in [0, 0.1) is 5.41 Å². The summed E-state index contributed by atoms with van der Waals surface area (Å²) in [6.07, 6.45) is 5.24. The Hall–Kier alpha value is -0.860. The topological polar surface area (TPSA) is 15.3 Å². The Morgan fingerprint density at radius 1 is 1.20 bits per heavy atom. The van der Waals surface area contributed by atoms with E-state index < -0.39 is 0 Å². The Bertz CT molecular complexity index is 380. The second kappa shape index (κ2) is 7.24. The van der Waals surface area contributed by atoms with Gasteiger partial charge in [-0.25, -0.2) is 0 Å². The number of rotatable bonds is 6. The largest absolute Gasteiger partial charge is 0.313 e. The normalized spacial score (nSPS) is 20.8. The quantitative estimate of drug-likeness (QED) is 0.847. The third kappa shape index (κ3) is 4.07. The molecule has 1 aliphatic heterocycles. The van der Waals surface area contributed by atoms with Crippen molar-refractivity contribution in [2.24, 2.45) is 5.41 Å². The number of benzene rings is 1. The highest BCUT2D eigenvalue weighted by atomic mass is 15.1. The van der Waals surface area contributed by atoms with E-state index in [9.17, 15) is 0 Å². The summed E-state index contributed by atoms with van der Waals surface area (Å²) >= 11 is 0. The molecule has 0 spiro atoms. The highest BCUT2D eigenvalue weighted by molar-refractivity contribution is 5.18. The molecule has 0 aliphatic carbocycles. The Kier molecular flexibility index (Phi) is 5.62. The lowest BCUT2D eigenvalue weighted by molar-refractivity contribution is 0.111. The van der Waals surface area contributed by atoms with E-state index in [1.807, 2.05) is 0 Å². The minimum Gasteiger partial charge on any atom is -0.313 e. The monoisotopic (exact) mass is 274 g/mol. The van der Waals surface area contributed by atoms with Crippen molar-refractivity contribution in [2.75, 3.05) is 26.7 Å². The van der Waals surface area contributed by atoms with Crippen molar-refractivity contribution in [3.05, 3.63) is 35.9 Å². The standard InChI is InChI=1S/C18H30N2/c1-4-18(2)11-14-20(15-12-18)13-10-17(19-3)16-8-6-5-7-9-16/h5-9,17,19H,4,10-15H2,1-3H3. The van der Waals surface area contributed by atoms with Crippen molar-refractivity contribution < 1.29 is 0 Å². The molecule has 1 N–H and O–H groups in total. The van der Waals surface area contributed by atoms with Crippen LogP contribution in [-0.2, 0) is 0 Å². The third-order valence-electron chi connectivity index (χ3n) is 5.20. The average molecular weight is 274 g/mol. The van der Waals surface area contributed by atoms with Gasteiger partial charge in [-0.3, -0.25) is 0 Å². The van der Waals surface area contributed by atoms with Gasteiger partial charge in [-0.05, 0) is 56.9 Å². The van der Waals surface area contributed by atoms with Crippen LogP contribution in [0.5, 0.6) is 0 Å². The van der Waals surface area contributed by atoms with Gasteiger partial charge in [0.1, 0.15) is 0 Å². The molecule has 1 aromatic rings. The zero-order valence-electron chi connectivity index (χ0n) is 13.4. The first kappa shape index (κ1) is 15.5. The number of hydrogen-bond acceptors (Lipinski definition) is 2. The summed E-state index contributed by atoms with van der Waals surface area (Å²) in [5.41, 5.74) is 2.00. The summed E-state index contributed by atoms with van der Waals surface area (Å²) in [4.78, 5) is 2.64. The third-order valence-corrected chi connectivity index (χ3v) is 5.20. The van der Waals surface area contributed by atoms with Gasteiger partial charge in [-0.1, -0.05) is 50.6 Å². The molecule has 1 fully saturated rings. The van der Waals surface area contributed by atoms with Crippen molar-refractivity contribution >= 4 is 0 Å². The molecule has 1 atom stereocenters. The molecule has 1 saturated heterocycles. The summed E-state index contributed by atoms with van der Waals surface area (Å²) in [6, 6.07) is 11.3. The molecule has 0 aromatic heterocycles. The highest BCUT2D eigenvalue weighted by Gasteiger charge is 2.28. The molecule has 2 heteroatoms. The maximum atomic E-state index is 3.46. The first-order valence-electron chi connectivity index (χ1n) is 8.11. The predicted octanol–water partition coefficient (Wildman–Crippen LogP) is 3.85. The molecule has 2 nitrogen and oxygen atoms in total. The van der Waals surface area contributed by atoms with Crippen LogP contribution >= 0.6 is 0 Å². The Labute approximate surface area is 124 Å². The Balaban J connectivity index is 1.80. The molecule has 1 aromatic carbocycles. The molecule has 0 saturated carbocycles. The number of nitrogens with zero attached hydrogens (tertiary/aromatic N) is 1. The number of piperidine rings is 1. The molecule has 0 radical (unpaired) electrons. The average Bonchev–Trinajstić information content (AvgIpc) is 2.51. The van der Waals surface area contributed by atoms with Gasteiger partial charge < -0.3 is 10.2 Å². The fourth-order valence-electron chi connectivity index (χ4n) is 3.14. The van der Waals surface area contributed by atoms with E-state index in [-0.39, 0.29) is 0 Å². The zero-order valence-corrected chi connectivity index (χ0v) is 13.4. The van der Waals surface area contributed by atoms with Crippen molar-refractivity contribution in [1.29, 1.82) is 0 Å². The highest BCUT2D eigenvalue weighted by Crippen LogP contribution is 2.34. The molecule has 20 heavy (non-hydrogen) atoms. The van der Waals surface area contributed by atoms with Crippen LogP contribution in [0.15, 0.2) is 30.3 Å². The maximum Gasteiger partial charge on any atom is 0.0329 e. The van der Waals surface area contributed by atoms with Crippen molar-refractivity contribution in [3.63, 3.8) is 0 Å². The number of nitrogens with one attached hydrogen (secondary N) is 1. The van der Waals surface area contributed by atoms with E-state index >= 15 is 0 Å². The summed E-state index contributed by atoms with van der Waals surface area (Å²) in [6.45, 7) is 8.54. The van der Waals surface area contributed by atoms with Crippen LogP contribution in [0.25, 0.3) is 0 Å². The smallest absolute Gasteiger partial charge is 0.0329 e. The molecule has 0 bridgehead atoms. The van der Waals surface area contributed by atoms with E-state index in [4.69, 9.17) is 0 Å². The van der Waals surface area contributed by atoms with Crippen LogP contribution in [0.1, 0.15) is 51.1 Å². The zero-order chi connectivity index (χ0) is 14.4. The second-order valence-electron chi connectivity index (χ2n) is 6.55. The molecular weight excluding hydrogens is 244 g/mol. The lowest BCUT2D eigenvalue weighted by Crippen LogP contribution is -2.39. The van der Waals surface area contributed by atoms with Gasteiger partial charge in [0.15, 0.2) is 0 Å². The van der Waals surface area contributed by atoms with Gasteiger partial charge in [0, 0.05) is 6.04 Å². The van der Waals surface area contributed by atoms with Crippen molar-refractivity contribution in [1.82, 2.24) is 10.2 Å². The molecule has 2 rings (SSSR count). The molecule has 0 amide bonds. The Morgan fingerprint density at radius 2 is 1.85 bits per heavy atom. The van der Waals surface area contributed by atoms with Gasteiger partial charge >= 0.3 is 0 Å². The van der Waals surface area contributed by atoms with E-state index in [2.05, 4.69) is 61.4 Å². The second-order valence-corrected chi connectivity index (χ2v) is 6.55. The van der Waals surface area contributed by atoms with Gasteiger partial charge in [0.05, 0.1) is 0 Å². The van der Waals surface area contributed by atoms with Crippen LogP contribution < -0.4 is 5.32 Å². The minimum absolute atomic E-state index is 0.482. The molecule has 112 valence electrons. The minimum atomic E-state index is 0.482. The van der Waals surface area contributed by atoms with Crippen LogP contribution in [0.2, 0.25) is 0 Å². The number of likely N-dealkylation sites (tertiary alicyclic amines) is 1. The van der Waals surface area contributed by atoms with Crippen LogP contribution in [0.4, 0.5) is 0 Å². The number of hydrogen-bond donors (Lipinski definition) is 1. The molecule has 1 aliphatic rings. The van der Waals surface area contributed by atoms with Crippen molar-refractivity contribution in [3.8, 4) is 0 Å². The summed E-state index contributed by atoms with van der Waals surface area (Å²) < 4.78 is 0. The predicted molar refractivity (Wildman–Crippen MR) is 86.9 cm³/mol. The SMILES string of the molecule is CCC1(C)CCN(CCC(NC)c2ccccc2)CC1. The summed E-state index contributed by atoms with van der Waals surface area (Å²) in [5, 5.41) is 3.46. The lowest BCUT2D eigenvalue weighted by Gasteiger charge is -2.39.